The van der Waals surface area contributed by atoms with Crippen LogP contribution in [0.4, 0.5) is 0 Å². The molecule has 0 amide bonds. The highest BCUT2D eigenvalue weighted by molar-refractivity contribution is 5.92. The van der Waals surface area contributed by atoms with Gasteiger partial charge in [-0.25, -0.2) is 9.78 Å². The highest BCUT2D eigenvalue weighted by Gasteiger charge is 2.20. The standard InChI is InChI=1S/C28H30N4O3.C3H6O/c1-20-6-9-23(10-7-20)35-24-5-3-4-21(16-24)18-31-12-14-32(15-13-31)19-27-29-25-11-8-22(28(33)34)17-26(25)30(27)2;1-2-4-3-1/h3-11,16-17H,12-15,18-19H2,1-2H3,(H,33,34);1-3H2. The van der Waals surface area contributed by atoms with Crippen LogP contribution in [0.2, 0.25) is 0 Å². The molecule has 8 heteroatoms. The first-order valence-corrected chi connectivity index (χ1v) is 13.5. The first kappa shape index (κ1) is 26.9. The van der Waals surface area contributed by atoms with E-state index in [-0.39, 0.29) is 5.56 Å². The number of imidazole rings is 1. The predicted octanol–water partition coefficient (Wildman–Crippen LogP) is 5.10. The van der Waals surface area contributed by atoms with Crippen LogP contribution >= 0.6 is 0 Å². The number of fused-ring (bicyclic) bond motifs is 1. The number of aryl methyl sites for hydroxylation is 2. The van der Waals surface area contributed by atoms with E-state index in [1.54, 1.807) is 18.2 Å². The molecule has 2 aliphatic heterocycles. The molecule has 4 aromatic rings. The fraction of sp³-hybridized carbons (Fsp3) is 0.355. The number of hydrogen-bond donors (Lipinski definition) is 1. The molecule has 6 rings (SSSR count). The molecule has 2 fully saturated rings. The minimum absolute atomic E-state index is 0.286. The summed E-state index contributed by atoms with van der Waals surface area (Å²) in [7, 11) is 1.96. The van der Waals surface area contributed by atoms with Gasteiger partial charge in [0, 0.05) is 53.0 Å². The number of carbonyl (C=O) groups is 1. The van der Waals surface area contributed by atoms with Crippen LogP contribution in [0.15, 0.2) is 66.7 Å². The summed E-state index contributed by atoms with van der Waals surface area (Å²) in [5.74, 6) is 1.75. The molecule has 1 N–H and O–H groups in total. The van der Waals surface area contributed by atoms with Crippen molar-refractivity contribution in [2.45, 2.75) is 26.4 Å². The van der Waals surface area contributed by atoms with Gasteiger partial charge in [-0.15, -0.1) is 0 Å². The van der Waals surface area contributed by atoms with Gasteiger partial charge in [-0.2, -0.15) is 0 Å². The summed E-state index contributed by atoms with van der Waals surface area (Å²) in [5, 5.41) is 9.27. The molecule has 0 spiro atoms. The van der Waals surface area contributed by atoms with Crippen LogP contribution in [0.5, 0.6) is 11.5 Å². The Morgan fingerprint density at radius 3 is 2.23 bits per heavy atom. The molecule has 1 aromatic heterocycles. The number of benzene rings is 3. The van der Waals surface area contributed by atoms with Gasteiger partial charge in [0.25, 0.3) is 0 Å². The van der Waals surface area contributed by atoms with Crippen LogP contribution in [0.3, 0.4) is 0 Å². The summed E-state index contributed by atoms with van der Waals surface area (Å²) in [6, 6.07) is 21.5. The number of hydrogen-bond acceptors (Lipinski definition) is 6. The fourth-order valence-electron chi connectivity index (χ4n) is 4.67. The summed E-state index contributed by atoms with van der Waals surface area (Å²) >= 11 is 0. The molecule has 0 aliphatic carbocycles. The maximum Gasteiger partial charge on any atom is 0.335 e. The van der Waals surface area contributed by atoms with Crippen LogP contribution in [-0.2, 0) is 24.9 Å². The maximum absolute atomic E-state index is 11.3. The predicted molar refractivity (Wildman–Crippen MR) is 151 cm³/mol. The Labute approximate surface area is 229 Å². The number of carboxylic acids is 1. The zero-order valence-corrected chi connectivity index (χ0v) is 22.7. The molecule has 204 valence electrons. The summed E-state index contributed by atoms with van der Waals surface area (Å²) in [6.45, 7) is 9.60. The van der Waals surface area contributed by atoms with Crippen LogP contribution in [-0.4, -0.2) is 69.8 Å². The average Bonchev–Trinajstić information content (AvgIpc) is 3.20. The van der Waals surface area contributed by atoms with Gasteiger partial charge in [0.15, 0.2) is 0 Å². The summed E-state index contributed by atoms with van der Waals surface area (Å²) in [4.78, 5) is 20.9. The molecule has 0 bridgehead atoms. The molecule has 2 saturated heterocycles. The minimum atomic E-state index is -0.918. The SMILES string of the molecule is C1COC1.Cc1ccc(Oc2cccc(CN3CCN(Cc4nc5ccc(C(=O)O)cc5n4C)CC3)c2)cc1. The molecule has 0 unspecified atom stereocenters. The smallest absolute Gasteiger partial charge is 0.335 e. The number of carboxylic acid groups (broad SMARTS) is 1. The number of aromatic nitrogens is 2. The molecule has 8 nitrogen and oxygen atoms in total. The number of piperazine rings is 1. The first-order chi connectivity index (χ1) is 18.9. The van der Waals surface area contributed by atoms with Crippen LogP contribution < -0.4 is 4.74 Å². The highest BCUT2D eigenvalue weighted by atomic mass is 16.5. The van der Waals surface area contributed by atoms with Gasteiger partial charge >= 0.3 is 5.97 Å². The van der Waals surface area contributed by atoms with Gasteiger partial charge in [-0.1, -0.05) is 29.8 Å². The Morgan fingerprint density at radius 2 is 1.59 bits per heavy atom. The van der Waals surface area contributed by atoms with Crippen LogP contribution in [0.25, 0.3) is 11.0 Å². The molecule has 39 heavy (non-hydrogen) atoms. The second-order valence-corrected chi connectivity index (χ2v) is 10.2. The molecule has 0 radical (unpaired) electrons. The third kappa shape index (κ3) is 7.03. The van der Waals surface area contributed by atoms with E-state index in [9.17, 15) is 9.90 Å². The summed E-state index contributed by atoms with van der Waals surface area (Å²) < 4.78 is 12.8. The van der Waals surface area contributed by atoms with E-state index in [1.165, 1.54) is 17.5 Å². The zero-order valence-electron chi connectivity index (χ0n) is 22.7. The van der Waals surface area contributed by atoms with Crippen molar-refractivity contribution in [2.24, 2.45) is 7.05 Å². The molecule has 3 aromatic carbocycles. The van der Waals surface area contributed by atoms with Crippen molar-refractivity contribution in [1.82, 2.24) is 19.4 Å². The maximum atomic E-state index is 11.3. The topological polar surface area (TPSA) is 80.1 Å². The lowest BCUT2D eigenvalue weighted by atomic mass is 10.2. The lowest BCUT2D eigenvalue weighted by molar-refractivity contribution is 0.0367. The highest BCUT2D eigenvalue weighted by Crippen LogP contribution is 2.24. The van der Waals surface area contributed by atoms with Crippen molar-refractivity contribution in [3.63, 3.8) is 0 Å². The van der Waals surface area contributed by atoms with E-state index in [2.05, 4.69) is 47.1 Å². The number of ether oxygens (including phenoxy) is 2. The van der Waals surface area contributed by atoms with Gasteiger partial charge in [-0.3, -0.25) is 9.80 Å². The average molecular weight is 529 g/mol. The van der Waals surface area contributed by atoms with E-state index in [0.29, 0.717) is 0 Å². The molecule has 3 heterocycles. The van der Waals surface area contributed by atoms with Crippen molar-refractivity contribution in [3.05, 3.63) is 89.2 Å². The van der Waals surface area contributed by atoms with E-state index in [0.717, 1.165) is 80.8 Å². The second-order valence-electron chi connectivity index (χ2n) is 10.2. The minimum Gasteiger partial charge on any atom is -0.478 e. The van der Waals surface area contributed by atoms with E-state index >= 15 is 0 Å². The number of nitrogens with zero attached hydrogens (tertiary/aromatic N) is 4. The Morgan fingerprint density at radius 1 is 0.923 bits per heavy atom. The molecule has 0 atom stereocenters. The van der Waals surface area contributed by atoms with E-state index < -0.39 is 5.97 Å². The normalized spacial score (nSPS) is 15.8. The molecule has 0 saturated carbocycles. The van der Waals surface area contributed by atoms with Crippen molar-refractivity contribution in [1.29, 1.82) is 0 Å². The number of rotatable bonds is 7. The second kappa shape index (κ2) is 12.4. The lowest BCUT2D eigenvalue weighted by Crippen LogP contribution is -2.45. The van der Waals surface area contributed by atoms with Crippen LogP contribution in [0, 0.1) is 6.92 Å². The fourth-order valence-corrected chi connectivity index (χ4v) is 4.67. The van der Waals surface area contributed by atoms with E-state index in [4.69, 9.17) is 14.5 Å². The summed E-state index contributed by atoms with van der Waals surface area (Å²) in [5.41, 5.74) is 4.43. The Kier molecular flexibility index (Phi) is 8.56. The Hall–Kier alpha value is -3.72. The van der Waals surface area contributed by atoms with E-state index in [1.807, 2.05) is 29.8 Å². The summed E-state index contributed by atoms with van der Waals surface area (Å²) in [6.07, 6.45) is 1.28. The first-order valence-electron chi connectivity index (χ1n) is 13.5. The third-order valence-corrected chi connectivity index (χ3v) is 7.19. The van der Waals surface area contributed by atoms with Gasteiger partial charge in [-0.05, 0) is 61.4 Å². The lowest BCUT2D eigenvalue weighted by Gasteiger charge is -2.34. The zero-order chi connectivity index (χ0) is 27.2. The number of aromatic carboxylic acids is 1. The van der Waals surface area contributed by atoms with Crippen LogP contribution in [0.1, 0.15) is 33.7 Å². The van der Waals surface area contributed by atoms with Gasteiger partial charge in [0.2, 0.25) is 0 Å². The molecular formula is C31H36N4O4. The quantitative estimate of drug-likeness (QED) is 0.358. The van der Waals surface area contributed by atoms with Crippen molar-refractivity contribution in [3.8, 4) is 11.5 Å². The van der Waals surface area contributed by atoms with Gasteiger partial charge in [0.1, 0.15) is 17.3 Å². The molecule has 2 aliphatic rings. The molecular weight excluding hydrogens is 492 g/mol. The van der Waals surface area contributed by atoms with Gasteiger partial charge < -0.3 is 19.1 Å². The Balaban J connectivity index is 0.000000707. The van der Waals surface area contributed by atoms with Gasteiger partial charge in [0.05, 0.1) is 23.1 Å². The van der Waals surface area contributed by atoms with Crippen molar-refractivity contribution in [2.75, 3.05) is 39.4 Å². The van der Waals surface area contributed by atoms with Crippen molar-refractivity contribution < 1.29 is 19.4 Å². The monoisotopic (exact) mass is 528 g/mol. The van der Waals surface area contributed by atoms with Crippen molar-refractivity contribution >= 4 is 17.0 Å². The largest absolute Gasteiger partial charge is 0.478 e. The Bertz CT molecular complexity index is 1400. The third-order valence-electron chi connectivity index (χ3n) is 7.19.